The van der Waals surface area contributed by atoms with Gasteiger partial charge >= 0.3 is 0 Å². The summed E-state index contributed by atoms with van der Waals surface area (Å²) in [6.45, 7) is 7.58. The Bertz CT molecular complexity index is 392. The number of amides is 1. The average molecular weight is 294 g/mol. The van der Waals surface area contributed by atoms with Crippen molar-refractivity contribution in [2.45, 2.75) is 77.3 Å². The second-order valence-electron chi connectivity index (χ2n) is 7.28. The number of nitrogens with one attached hydrogen (secondary N) is 1. The maximum atomic E-state index is 12.2. The quantitative estimate of drug-likeness (QED) is 0.847. The zero-order valence-corrected chi connectivity index (χ0v) is 13.8. The first-order chi connectivity index (χ1) is 9.93. The number of carbonyl (C=O) groups is 2. The first kappa shape index (κ1) is 16.5. The molecule has 4 heteroatoms. The molecule has 0 radical (unpaired) electrons. The Labute approximate surface area is 128 Å². The molecule has 1 aliphatic carbocycles. The van der Waals surface area contributed by atoms with E-state index in [0.717, 1.165) is 51.5 Å². The molecule has 0 aromatic carbocycles. The lowest BCUT2D eigenvalue weighted by molar-refractivity contribution is -0.129. The van der Waals surface area contributed by atoms with Crippen molar-refractivity contribution < 1.29 is 9.59 Å². The molecule has 2 fully saturated rings. The van der Waals surface area contributed by atoms with Crippen molar-refractivity contribution in [3.05, 3.63) is 0 Å². The van der Waals surface area contributed by atoms with Crippen LogP contribution < -0.4 is 5.32 Å². The number of hydrogen-bond acceptors (Lipinski definition) is 3. The van der Waals surface area contributed by atoms with Gasteiger partial charge in [0.15, 0.2) is 0 Å². The summed E-state index contributed by atoms with van der Waals surface area (Å²) in [5.74, 6) is 0.692. The molecule has 1 amide bonds. The van der Waals surface area contributed by atoms with Crippen molar-refractivity contribution in [3.8, 4) is 0 Å². The first-order valence-corrected chi connectivity index (χ1v) is 8.51. The summed E-state index contributed by atoms with van der Waals surface area (Å²) in [5, 5.41) is 3.10. The lowest BCUT2D eigenvalue weighted by atomic mass is 9.82. The Balaban J connectivity index is 1.92. The molecule has 1 saturated heterocycles. The summed E-state index contributed by atoms with van der Waals surface area (Å²) in [6, 6.07) is 0.299. The third-order valence-corrected chi connectivity index (χ3v) is 5.19. The molecule has 1 N–H and O–H groups in total. The number of nitrogens with zero attached hydrogens (tertiary/aromatic N) is 1. The first-order valence-electron chi connectivity index (χ1n) is 8.51. The van der Waals surface area contributed by atoms with Crippen molar-refractivity contribution in [3.63, 3.8) is 0 Å². The number of ketones is 1. The summed E-state index contributed by atoms with van der Waals surface area (Å²) >= 11 is 0. The van der Waals surface area contributed by atoms with Crippen LogP contribution in [-0.4, -0.2) is 41.3 Å². The monoisotopic (exact) mass is 294 g/mol. The van der Waals surface area contributed by atoms with Gasteiger partial charge in [-0.3, -0.25) is 14.5 Å². The van der Waals surface area contributed by atoms with Gasteiger partial charge in [0.25, 0.3) is 0 Å². The summed E-state index contributed by atoms with van der Waals surface area (Å²) in [6.07, 6.45) is 7.07. The average Bonchev–Trinajstić information content (AvgIpc) is 2.86. The Morgan fingerprint density at radius 2 is 2.05 bits per heavy atom. The van der Waals surface area contributed by atoms with E-state index in [-0.39, 0.29) is 17.4 Å². The highest BCUT2D eigenvalue weighted by molar-refractivity contribution is 5.83. The van der Waals surface area contributed by atoms with Crippen LogP contribution in [0.2, 0.25) is 0 Å². The van der Waals surface area contributed by atoms with Crippen LogP contribution in [0, 0.1) is 5.92 Å². The molecule has 2 atom stereocenters. The molecule has 0 bridgehead atoms. The van der Waals surface area contributed by atoms with Gasteiger partial charge in [-0.15, -0.1) is 0 Å². The fourth-order valence-corrected chi connectivity index (χ4v) is 3.61. The van der Waals surface area contributed by atoms with Crippen LogP contribution in [0.25, 0.3) is 0 Å². The highest BCUT2D eigenvalue weighted by Gasteiger charge is 2.37. The lowest BCUT2D eigenvalue weighted by Crippen LogP contribution is -2.50. The molecular weight excluding hydrogens is 264 g/mol. The molecule has 2 rings (SSSR count). The molecule has 2 unspecified atom stereocenters. The topological polar surface area (TPSA) is 49.4 Å². The molecule has 0 aromatic heterocycles. The van der Waals surface area contributed by atoms with Crippen LogP contribution in [0.15, 0.2) is 0 Å². The third-order valence-electron chi connectivity index (χ3n) is 5.19. The van der Waals surface area contributed by atoms with Crippen LogP contribution in [0.3, 0.4) is 0 Å². The number of hydrogen-bond donors (Lipinski definition) is 1. The van der Waals surface area contributed by atoms with Crippen molar-refractivity contribution in [2.75, 3.05) is 13.1 Å². The number of rotatable bonds is 5. The summed E-state index contributed by atoms with van der Waals surface area (Å²) in [7, 11) is 0. The lowest BCUT2D eigenvalue weighted by Gasteiger charge is -2.33. The summed E-state index contributed by atoms with van der Waals surface area (Å²) in [4.78, 5) is 26.7. The molecule has 1 saturated carbocycles. The van der Waals surface area contributed by atoms with Crippen LogP contribution in [0.4, 0.5) is 0 Å². The van der Waals surface area contributed by atoms with Crippen LogP contribution in [0.1, 0.15) is 65.7 Å². The number of likely N-dealkylation sites (tertiary alicyclic amines) is 1. The third kappa shape index (κ3) is 4.29. The Morgan fingerprint density at radius 3 is 2.71 bits per heavy atom. The van der Waals surface area contributed by atoms with Gasteiger partial charge < -0.3 is 5.32 Å². The second-order valence-corrected chi connectivity index (χ2v) is 7.28. The largest absolute Gasteiger partial charge is 0.350 e. The Kier molecular flexibility index (Phi) is 5.42. The zero-order valence-electron chi connectivity index (χ0n) is 13.8. The number of carbonyl (C=O) groups excluding carboxylic acids is 2. The van der Waals surface area contributed by atoms with Gasteiger partial charge in [-0.2, -0.15) is 0 Å². The van der Waals surface area contributed by atoms with Gasteiger partial charge in [-0.05, 0) is 52.5 Å². The van der Waals surface area contributed by atoms with Crippen molar-refractivity contribution in [2.24, 2.45) is 5.92 Å². The van der Waals surface area contributed by atoms with Gasteiger partial charge in [-0.1, -0.05) is 13.3 Å². The Morgan fingerprint density at radius 1 is 1.29 bits per heavy atom. The van der Waals surface area contributed by atoms with Gasteiger partial charge in [0.05, 0.1) is 6.54 Å². The van der Waals surface area contributed by atoms with Gasteiger partial charge in [0.1, 0.15) is 5.78 Å². The maximum Gasteiger partial charge on any atom is 0.234 e. The SMILES string of the molecule is CCC(C)(C)NC(=O)CN1CCCC1C1CCCCC1=O. The van der Waals surface area contributed by atoms with E-state index < -0.39 is 0 Å². The molecule has 0 aromatic rings. The van der Waals surface area contributed by atoms with E-state index in [2.05, 4.69) is 31.0 Å². The van der Waals surface area contributed by atoms with Gasteiger partial charge in [-0.25, -0.2) is 0 Å². The van der Waals surface area contributed by atoms with Crippen LogP contribution in [-0.2, 0) is 9.59 Å². The van der Waals surface area contributed by atoms with Crippen molar-refractivity contribution >= 4 is 11.7 Å². The number of Topliss-reactive ketones (excluding diaryl/α,β-unsaturated/α-hetero) is 1. The van der Waals surface area contributed by atoms with E-state index in [0.29, 0.717) is 18.4 Å². The fourth-order valence-electron chi connectivity index (χ4n) is 3.61. The predicted molar refractivity (Wildman–Crippen MR) is 84.1 cm³/mol. The Hall–Kier alpha value is -0.900. The van der Waals surface area contributed by atoms with Gasteiger partial charge in [0.2, 0.25) is 5.91 Å². The van der Waals surface area contributed by atoms with Crippen LogP contribution >= 0.6 is 0 Å². The van der Waals surface area contributed by atoms with Crippen molar-refractivity contribution in [1.29, 1.82) is 0 Å². The van der Waals surface area contributed by atoms with E-state index in [1.807, 2.05) is 0 Å². The molecule has 1 aliphatic heterocycles. The predicted octanol–water partition coefficient (Wildman–Crippen LogP) is 2.51. The smallest absolute Gasteiger partial charge is 0.234 e. The van der Waals surface area contributed by atoms with Crippen LogP contribution in [0.5, 0.6) is 0 Å². The highest BCUT2D eigenvalue weighted by Crippen LogP contribution is 2.32. The molecular formula is C17H30N2O2. The molecule has 4 nitrogen and oxygen atoms in total. The second kappa shape index (κ2) is 6.91. The van der Waals surface area contributed by atoms with E-state index in [4.69, 9.17) is 0 Å². The molecule has 0 spiro atoms. The molecule has 120 valence electrons. The molecule has 21 heavy (non-hydrogen) atoms. The minimum atomic E-state index is -0.146. The summed E-state index contributed by atoms with van der Waals surface area (Å²) < 4.78 is 0. The zero-order chi connectivity index (χ0) is 15.5. The van der Waals surface area contributed by atoms with Crippen molar-refractivity contribution in [1.82, 2.24) is 10.2 Å². The summed E-state index contributed by atoms with van der Waals surface area (Å²) in [5.41, 5.74) is -0.146. The highest BCUT2D eigenvalue weighted by atomic mass is 16.2. The van der Waals surface area contributed by atoms with Gasteiger partial charge in [0, 0.05) is 23.9 Å². The molecule has 1 heterocycles. The van der Waals surface area contributed by atoms with E-state index in [1.165, 1.54) is 0 Å². The fraction of sp³-hybridized carbons (Fsp3) is 0.882. The minimum Gasteiger partial charge on any atom is -0.350 e. The standard InChI is InChI=1S/C17H30N2O2/c1-4-17(2,3)18-16(21)12-19-11-7-9-14(19)13-8-5-6-10-15(13)20/h13-14H,4-12H2,1-3H3,(H,18,21). The van der Waals surface area contributed by atoms with E-state index in [1.54, 1.807) is 0 Å². The molecule has 2 aliphatic rings. The van der Waals surface area contributed by atoms with E-state index >= 15 is 0 Å². The maximum absolute atomic E-state index is 12.2. The minimum absolute atomic E-state index is 0.0945. The normalized spacial score (nSPS) is 27.9. The van der Waals surface area contributed by atoms with E-state index in [9.17, 15) is 9.59 Å².